The Morgan fingerprint density at radius 2 is 1.66 bits per heavy atom. The monoisotopic (exact) mass is 582 g/mol. The molecule has 0 bridgehead atoms. The molecule has 0 aliphatic rings. The molecular formula is C28H27F5N2O6. The van der Waals surface area contributed by atoms with Crippen LogP contribution in [0.2, 0.25) is 0 Å². The van der Waals surface area contributed by atoms with E-state index in [9.17, 15) is 36.6 Å². The van der Waals surface area contributed by atoms with Gasteiger partial charge in [0.15, 0.2) is 23.9 Å². The Hall–Kier alpha value is -4.26. The number of amides is 1. The second-order valence-corrected chi connectivity index (χ2v) is 9.00. The smallest absolute Gasteiger partial charge is 0.422 e. The number of Topliss-reactive ketones (excluding diaryl/α,β-unsaturated/α-hetero) is 1. The molecule has 220 valence electrons. The van der Waals surface area contributed by atoms with Crippen LogP contribution in [0, 0.1) is 5.82 Å². The third-order valence-electron chi connectivity index (χ3n) is 6.24. The van der Waals surface area contributed by atoms with Crippen molar-refractivity contribution >= 4 is 11.7 Å². The van der Waals surface area contributed by atoms with Crippen LogP contribution in [0.15, 0.2) is 48.5 Å². The molecular weight excluding hydrogens is 555 g/mol. The number of primary amides is 1. The number of nitrogens with two attached hydrogens (primary N) is 1. The van der Waals surface area contributed by atoms with Crippen molar-refractivity contribution in [2.24, 2.45) is 5.73 Å². The molecule has 2 aromatic carbocycles. The number of pyridine rings is 1. The van der Waals surface area contributed by atoms with Gasteiger partial charge in [0.05, 0.1) is 19.9 Å². The molecule has 0 radical (unpaired) electrons. The summed E-state index contributed by atoms with van der Waals surface area (Å²) in [5.74, 6) is -2.27. The summed E-state index contributed by atoms with van der Waals surface area (Å²) >= 11 is 0. The minimum Gasteiger partial charge on any atom is -0.494 e. The molecule has 0 aliphatic carbocycles. The average molecular weight is 583 g/mol. The Morgan fingerprint density at radius 3 is 2.24 bits per heavy atom. The molecule has 3 rings (SSSR count). The van der Waals surface area contributed by atoms with Crippen molar-refractivity contribution in [3.8, 4) is 28.5 Å². The van der Waals surface area contributed by atoms with Gasteiger partial charge in [-0.2, -0.15) is 13.2 Å². The summed E-state index contributed by atoms with van der Waals surface area (Å²) in [6, 6.07) is 9.02. The SMILES string of the molecule is COc1cc(C(=O)CCC(O)(c2ccc(OC)c(-c3ccc(F)c(C(C)F)c3)n2)C(F)(F)F)ccc1OCC(N)=O. The highest BCUT2D eigenvalue weighted by Crippen LogP contribution is 2.44. The fourth-order valence-electron chi connectivity index (χ4n) is 4.01. The Morgan fingerprint density at radius 1 is 1.00 bits per heavy atom. The first kappa shape index (κ1) is 31.3. The number of hydrogen-bond donors (Lipinski definition) is 2. The van der Waals surface area contributed by atoms with Crippen LogP contribution in [0.3, 0.4) is 0 Å². The van der Waals surface area contributed by atoms with Gasteiger partial charge < -0.3 is 25.1 Å². The van der Waals surface area contributed by atoms with Gasteiger partial charge in [-0.3, -0.25) is 9.59 Å². The third kappa shape index (κ3) is 6.91. The number of alkyl halides is 4. The lowest BCUT2D eigenvalue weighted by Gasteiger charge is -2.30. The molecule has 1 amide bonds. The Labute approximate surface area is 231 Å². The van der Waals surface area contributed by atoms with E-state index in [2.05, 4.69) is 4.98 Å². The minimum absolute atomic E-state index is 0.0100. The van der Waals surface area contributed by atoms with E-state index in [1.165, 1.54) is 38.5 Å². The molecule has 0 saturated carbocycles. The van der Waals surface area contributed by atoms with Gasteiger partial charge in [0.25, 0.3) is 5.91 Å². The molecule has 3 aromatic rings. The summed E-state index contributed by atoms with van der Waals surface area (Å²) in [5, 5.41) is 10.9. The molecule has 0 spiro atoms. The van der Waals surface area contributed by atoms with Crippen molar-refractivity contribution in [2.45, 2.75) is 37.7 Å². The number of halogens is 5. The average Bonchev–Trinajstić information content (AvgIpc) is 2.93. The number of hydrogen-bond acceptors (Lipinski definition) is 7. The van der Waals surface area contributed by atoms with Crippen molar-refractivity contribution in [3.05, 3.63) is 71.2 Å². The predicted molar refractivity (Wildman–Crippen MR) is 137 cm³/mol. The zero-order valence-electron chi connectivity index (χ0n) is 22.2. The van der Waals surface area contributed by atoms with Gasteiger partial charge in [-0.05, 0) is 61.9 Å². The normalized spacial score (nSPS) is 13.7. The number of ether oxygens (including phenoxy) is 3. The number of methoxy groups -OCH3 is 2. The first-order valence-corrected chi connectivity index (χ1v) is 12.1. The summed E-state index contributed by atoms with van der Waals surface area (Å²) in [5.41, 5.74) is 0.0934. The molecule has 0 saturated heterocycles. The topological polar surface area (TPSA) is 121 Å². The number of aliphatic hydroxyl groups is 1. The predicted octanol–water partition coefficient (Wildman–Crippen LogP) is 5.21. The molecule has 1 aromatic heterocycles. The van der Waals surface area contributed by atoms with Crippen molar-refractivity contribution in [3.63, 3.8) is 0 Å². The highest BCUT2D eigenvalue weighted by Gasteiger charge is 2.56. The largest absolute Gasteiger partial charge is 0.494 e. The van der Waals surface area contributed by atoms with Crippen molar-refractivity contribution in [1.82, 2.24) is 4.98 Å². The number of ketones is 1. The van der Waals surface area contributed by atoms with E-state index in [1.54, 1.807) is 0 Å². The van der Waals surface area contributed by atoms with E-state index >= 15 is 0 Å². The summed E-state index contributed by atoms with van der Waals surface area (Å²) in [6.07, 6.45) is -8.85. The molecule has 1 heterocycles. The first-order chi connectivity index (χ1) is 19.2. The Kier molecular flexibility index (Phi) is 9.53. The maximum absolute atomic E-state index is 14.3. The molecule has 8 nitrogen and oxygen atoms in total. The number of carbonyl (C=O) groups excluding carboxylic acids is 2. The lowest BCUT2D eigenvalue weighted by molar-refractivity contribution is -0.270. The minimum atomic E-state index is -5.27. The molecule has 2 unspecified atom stereocenters. The van der Waals surface area contributed by atoms with Gasteiger partial charge in [0.2, 0.25) is 5.60 Å². The molecule has 13 heteroatoms. The van der Waals surface area contributed by atoms with E-state index in [1.807, 2.05) is 0 Å². The van der Waals surface area contributed by atoms with Gasteiger partial charge in [-0.25, -0.2) is 13.8 Å². The molecule has 0 fully saturated rings. The molecule has 3 N–H and O–H groups in total. The number of aromatic nitrogens is 1. The molecule has 41 heavy (non-hydrogen) atoms. The first-order valence-electron chi connectivity index (χ1n) is 12.1. The zero-order chi connectivity index (χ0) is 30.5. The van der Waals surface area contributed by atoms with Crippen LogP contribution in [0.25, 0.3) is 11.3 Å². The van der Waals surface area contributed by atoms with Crippen LogP contribution >= 0.6 is 0 Å². The van der Waals surface area contributed by atoms with Gasteiger partial charge in [0.1, 0.15) is 23.4 Å². The second-order valence-electron chi connectivity index (χ2n) is 9.00. The standard InChI is InChI=1S/C28H27F5N2O6/c1-15(29)18-12-17(4-6-19(18)30)26-22(39-2)8-9-24(35-26)27(38,28(31,32)33)11-10-20(36)16-5-7-21(23(13-16)40-3)41-14-25(34)37/h4-9,12-13,15,38H,10-11,14H2,1-3H3,(H2,34,37). The lowest BCUT2D eigenvalue weighted by Crippen LogP contribution is -2.43. The van der Waals surface area contributed by atoms with Gasteiger partial charge in [0, 0.05) is 23.1 Å². The number of nitrogens with zero attached hydrogens (tertiary/aromatic N) is 1. The van der Waals surface area contributed by atoms with Crippen LogP contribution in [-0.4, -0.2) is 48.8 Å². The summed E-state index contributed by atoms with van der Waals surface area (Å²) in [6.45, 7) is 0.630. The highest BCUT2D eigenvalue weighted by atomic mass is 19.4. The van der Waals surface area contributed by atoms with E-state index in [4.69, 9.17) is 19.9 Å². The Bertz CT molecular complexity index is 1430. The fourth-order valence-corrected chi connectivity index (χ4v) is 4.01. The van der Waals surface area contributed by atoms with E-state index in [0.717, 1.165) is 31.2 Å². The maximum atomic E-state index is 14.3. The van der Waals surface area contributed by atoms with Crippen molar-refractivity contribution in [1.29, 1.82) is 0 Å². The summed E-state index contributed by atoms with van der Waals surface area (Å²) < 4.78 is 86.3. The fraction of sp³-hybridized carbons (Fsp3) is 0.321. The second kappa shape index (κ2) is 12.5. The van der Waals surface area contributed by atoms with Crippen molar-refractivity contribution < 1.29 is 50.9 Å². The quantitative estimate of drug-likeness (QED) is 0.222. The van der Waals surface area contributed by atoms with E-state index in [0.29, 0.717) is 0 Å². The van der Waals surface area contributed by atoms with Gasteiger partial charge in [-0.15, -0.1) is 0 Å². The van der Waals surface area contributed by atoms with E-state index in [-0.39, 0.29) is 39.6 Å². The van der Waals surface area contributed by atoms with Crippen LogP contribution in [-0.2, 0) is 10.4 Å². The molecule has 0 aliphatic heterocycles. The van der Waals surface area contributed by atoms with E-state index < -0.39 is 60.6 Å². The van der Waals surface area contributed by atoms with Crippen LogP contribution in [0.5, 0.6) is 17.2 Å². The lowest BCUT2D eigenvalue weighted by atomic mass is 9.89. The Balaban J connectivity index is 1.96. The van der Waals surface area contributed by atoms with Crippen molar-refractivity contribution in [2.75, 3.05) is 20.8 Å². The van der Waals surface area contributed by atoms with Gasteiger partial charge >= 0.3 is 6.18 Å². The maximum Gasteiger partial charge on any atom is 0.422 e. The van der Waals surface area contributed by atoms with Crippen LogP contribution < -0.4 is 19.9 Å². The molecule has 2 atom stereocenters. The summed E-state index contributed by atoms with van der Waals surface area (Å²) in [4.78, 5) is 27.8. The van der Waals surface area contributed by atoms with Crippen LogP contribution in [0.1, 0.15) is 47.6 Å². The van der Waals surface area contributed by atoms with Crippen LogP contribution in [0.4, 0.5) is 22.0 Å². The summed E-state index contributed by atoms with van der Waals surface area (Å²) in [7, 11) is 2.49. The number of benzene rings is 2. The number of rotatable bonds is 12. The number of carbonyl (C=O) groups is 2. The highest BCUT2D eigenvalue weighted by molar-refractivity contribution is 5.96. The zero-order valence-corrected chi connectivity index (χ0v) is 22.2. The third-order valence-corrected chi connectivity index (χ3v) is 6.24. The van der Waals surface area contributed by atoms with Gasteiger partial charge in [-0.1, -0.05) is 0 Å².